The second-order valence-electron chi connectivity index (χ2n) is 3.91. The minimum atomic E-state index is 0.455. The number of ether oxygens (including phenoxy) is 2. The van der Waals surface area contributed by atoms with Crippen LogP contribution in [0.2, 0.25) is 5.02 Å². The Bertz CT molecular complexity index is 570. The fourth-order valence-corrected chi connectivity index (χ4v) is 1.87. The number of rotatable bonds is 3. The molecule has 0 aliphatic rings. The molecule has 4 heteroatoms. The first kappa shape index (κ1) is 12.6. The number of anilines is 1. The molecule has 0 fully saturated rings. The molecule has 0 radical (unpaired) electrons. The average molecular weight is 264 g/mol. The number of methoxy groups -OCH3 is 1. The van der Waals surface area contributed by atoms with Crippen LogP contribution in [0.15, 0.2) is 36.4 Å². The van der Waals surface area contributed by atoms with Gasteiger partial charge in [0, 0.05) is 0 Å². The lowest BCUT2D eigenvalue weighted by Gasteiger charge is -2.12. The van der Waals surface area contributed by atoms with E-state index in [2.05, 4.69) is 0 Å². The predicted octanol–water partition coefficient (Wildman–Crippen LogP) is 4.03. The van der Waals surface area contributed by atoms with Gasteiger partial charge in [-0.2, -0.15) is 0 Å². The van der Waals surface area contributed by atoms with Gasteiger partial charge in [-0.25, -0.2) is 0 Å². The molecule has 0 bridgehead atoms. The van der Waals surface area contributed by atoms with Gasteiger partial charge in [0.1, 0.15) is 17.2 Å². The smallest absolute Gasteiger partial charge is 0.154 e. The van der Waals surface area contributed by atoms with Crippen LogP contribution in [0.1, 0.15) is 5.56 Å². The highest BCUT2D eigenvalue weighted by molar-refractivity contribution is 6.32. The summed E-state index contributed by atoms with van der Waals surface area (Å²) in [5, 5.41) is 0.553. The maximum absolute atomic E-state index is 6.11. The SMILES string of the molecule is COc1cccc(Oc2ccc(C)cc2Cl)c1N. The molecule has 0 amide bonds. The van der Waals surface area contributed by atoms with E-state index in [1.807, 2.05) is 31.2 Å². The van der Waals surface area contributed by atoms with Crippen LogP contribution in [-0.4, -0.2) is 7.11 Å². The molecule has 18 heavy (non-hydrogen) atoms. The third-order valence-corrected chi connectivity index (χ3v) is 2.85. The molecular formula is C14H14ClNO2. The molecule has 0 spiro atoms. The lowest BCUT2D eigenvalue weighted by molar-refractivity contribution is 0.412. The van der Waals surface area contributed by atoms with Gasteiger partial charge in [0.25, 0.3) is 0 Å². The first-order chi connectivity index (χ1) is 8.61. The number of benzene rings is 2. The van der Waals surface area contributed by atoms with Crippen molar-refractivity contribution in [2.45, 2.75) is 6.92 Å². The van der Waals surface area contributed by atoms with E-state index in [0.717, 1.165) is 5.56 Å². The Labute approximate surface area is 111 Å². The maximum atomic E-state index is 6.11. The van der Waals surface area contributed by atoms with Crippen molar-refractivity contribution >= 4 is 17.3 Å². The molecule has 2 N–H and O–H groups in total. The number of halogens is 1. The molecule has 0 aliphatic heterocycles. The summed E-state index contributed by atoms with van der Waals surface area (Å²) in [6, 6.07) is 10.9. The summed E-state index contributed by atoms with van der Waals surface area (Å²) in [6.45, 7) is 1.97. The fourth-order valence-electron chi connectivity index (χ4n) is 1.60. The molecule has 0 heterocycles. The van der Waals surface area contributed by atoms with E-state index in [-0.39, 0.29) is 0 Å². The van der Waals surface area contributed by atoms with Gasteiger partial charge in [0.05, 0.1) is 12.1 Å². The van der Waals surface area contributed by atoms with Crippen molar-refractivity contribution in [1.82, 2.24) is 0 Å². The summed E-state index contributed by atoms with van der Waals surface area (Å²) < 4.78 is 10.8. The second-order valence-corrected chi connectivity index (χ2v) is 4.32. The first-order valence-corrected chi connectivity index (χ1v) is 5.86. The quantitative estimate of drug-likeness (QED) is 0.851. The highest BCUT2D eigenvalue weighted by Crippen LogP contribution is 2.36. The highest BCUT2D eigenvalue weighted by atomic mass is 35.5. The van der Waals surface area contributed by atoms with E-state index in [0.29, 0.717) is 28.0 Å². The van der Waals surface area contributed by atoms with Crippen molar-refractivity contribution in [2.75, 3.05) is 12.8 Å². The van der Waals surface area contributed by atoms with Crippen molar-refractivity contribution < 1.29 is 9.47 Å². The third-order valence-electron chi connectivity index (χ3n) is 2.55. The molecule has 0 unspecified atom stereocenters. The van der Waals surface area contributed by atoms with E-state index >= 15 is 0 Å². The monoisotopic (exact) mass is 263 g/mol. The predicted molar refractivity (Wildman–Crippen MR) is 73.7 cm³/mol. The Morgan fingerprint density at radius 2 is 1.78 bits per heavy atom. The van der Waals surface area contributed by atoms with Crippen LogP contribution in [0.25, 0.3) is 0 Å². The molecule has 0 atom stereocenters. The Balaban J connectivity index is 2.34. The Kier molecular flexibility index (Phi) is 3.63. The van der Waals surface area contributed by atoms with Gasteiger partial charge >= 0.3 is 0 Å². The van der Waals surface area contributed by atoms with Crippen LogP contribution < -0.4 is 15.2 Å². The van der Waals surface area contributed by atoms with Crippen molar-refractivity contribution in [3.05, 3.63) is 47.0 Å². The van der Waals surface area contributed by atoms with Gasteiger partial charge in [-0.15, -0.1) is 0 Å². The summed E-state index contributed by atoms with van der Waals surface area (Å²) in [4.78, 5) is 0. The van der Waals surface area contributed by atoms with E-state index < -0.39 is 0 Å². The van der Waals surface area contributed by atoms with Crippen molar-refractivity contribution in [3.63, 3.8) is 0 Å². The lowest BCUT2D eigenvalue weighted by atomic mass is 10.2. The minimum absolute atomic E-state index is 0.455. The molecular weight excluding hydrogens is 250 g/mol. The van der Waals surface area contributed by atoms with E-state index in [1.165, 1.54) is 0 Å². The Hall–Kier alpha value is -1.87. The van der Waals surface area contributed by atoms with E-state index in [9.17, 15) is 0 Å². The number of hydrogen-bond donors (Lipinski definition) is 1. The van der Waals surface area contributed by atoms with E-state index in [1.54, 1.807) is 19.2 Å². The summed E-state index contributed by atoms with van der Waals surface area (Å²) in [5.74, 6) is 1.68. The maximum Gasteiger partial charge on any atom is 0.154 e. The summed E-state index contributed by atoms with van der Waals surface area (Å²) in [7, 11) is 1.56. The normalized spacial score (nSPS) is 10.2. The van der Waals surface area contributed by atoms with Crippen LogP contribution in [0.5, 0.6) is 17.2 Å². The fraction of sp³-hybridized carbons (Fsp3) is 0.143. The van der Waals surface area contributed by atoms with Gasteiger partial charge in [-0.1, -0.05) is 23.7 Å². The topological polar surface area (TPSA) is 44.5 Å². The largest absolute Gasteiger partial charge is 0.494 e. The van der Waals surface area contributed by atoms with Gasteiger partial charge in [0.15, 0.2) is 5.75 Å². The van der Waals surface area contributed by atoms with Crippen LogP contribution >= 0.6 is 11.6 Å². The number of aryl methyl sites for hydroxylation is 1. The average Bonchev–Trinajstić information content (AvgIpc) is 2.35. The van der Waals surface area contributed by atoms with Gasteiger partial charge in [-0.05, 0) is 36.8 Å². The number of nitrogen functional groups attached to an aromatic ring is 1. The molecule has 2 aromatic rings. The Morgan fingerprint density at radius 3 is 2.44 bits per heavy atom. The van der Waals surface area contributed by atoms with Crippen LogP contribution in [0.3, 0.4) is 0 Å². The minimum Gasteiger partial charge on any atom is -0.494 e. The van der Waals surface area contributed by atoms with Gasteiger partial charge < -0.3 is 15.2 Å². The number of para-hydroxylation sites is 1. The van der Waals surface area contributed by atoms with Crippen molar-refractivity contribution in [3.8, 4) is 17.2 Å². The molecule has 0 saturated carbocycles. The zero-order valence-corrected chi connectivity index (χ0v) is 11.0. The van der Waals surface area contributed by atoms with Gasteiger partial charge in [-0.3, -0.25) is 0 Å². The third kappa shape index (κ3) is 2.51. The van der Waals surface area contributed by atoms with Crippen LogP contribution in [-0.2, 0) is 0 Å². The van der Waals surface area contributed by atoms with Crippen molar-refractivity contribution in [1.29, 1.82) is 0 Å². The zero-order chi connectivity index (χ0) is 13.1. The zero-order valence-electron chi connectivity index (χ0n) is 10.2. The Morgan fingerprint density at radius 1 is 1.06 bits per heavy atom. The van der Waals surface area contributed by atoms with E-state index in [4.69, 9.17) is 26.8 Å². The summed E-state index contributed by atoms with van der Waals surface area (Å²) in [6.07, 6.45) is 0. The second kappa shape index (κ2) is 5.19. The van der Waals surface area contributed by atoms with Crippen molar-refractivity contribution in [2.24, 2.45) is 0 Å². The van der Waals surface area contributed by atoms with Crippen LogP contribution in [0, 0.1) is 6.92 Å². The number of hydrogen-bond acceptors (Lipinski definition) is 3. The molecule has 2 aromatic carbocycles. The molecule has 0 aliphatic carbocycles. The van der Waals surface area contributed by atoms with Crippen LogP contribution in [0.4, 0.5) is 5.69 Å². The first-order valence-electron chi connectivity index (χ1n) is 5.48. The molecule has 0 aromatic heterocycles. The molecule has 0 saturated heterocycles. The summed E-state index contributed by atoms with van der Waals surface area (Å²) >= 11 is 6.11. The highest BCUT2D eigenvalue weighted by Gasteiger charge is 2.09. The number of nitrogens with two attached hydrogens (primary N) is 1. The molecule has 3 nitrogen and oxygen atoms in total. The lowest BCUT2D eigenvalue weighted by Crippen LogP contribution is -1.96. The molecule has 2 rings (SSSR count). The molecule has 94 valence electrons. The summed E-state index contributed by atoms with van der Waals surface area (Å²) in [5.41, 5.74) is 7.46. The van der Waals surface area contributed by atoms with Gasteiger partial charge in [0.2, 0.25) is 0 Å². The standard InChI is InChI=1S/C14H14ClNO2/c1-9-6-7-11(10(15)8-9)18-13-5-3-4-12(17-2)14(13)16/h3-8H,16H2,1-2H3.